The van der Waals surface area contributed by atoms with Gasteiger partial charge in [-0.3, -0.25) is 10.3 Å². The second-order valence-electron chi connectivity index (χ2n) is 12.4. The second-order valence-corrected chi connectivity index (χ2v) is 12.4. The SMILES string of the molecule is Cc1ccc(-n2nc(C(C)(C)C)cc2NC(=O)Nc2ccc(OCc3ccnc(Nc4cncc(OCCO)n4)c3)c3ccccc23)cc1. The Bertz CT molecular complexity index is 2070. The molecule has 12 nitrogen and oxygen atoms in total. The molecule has 0 bridgehead atoms. The van der Waals surface area contributed by atoms with Gasteiger partial charge in [0.25, 0.3) is 0 Å². The first-order chi connectivity index (χ1) is 23.7. The summed E-state index contributed by atoms with van der Waals surface area (Å²) < 4.78 is 13.4. The average Bonchev–Trinajstić information content (AvgIpc) is 3.52. The van der Waals surface area contributed by atoms with Crippen LogP contribution in [0.25, 0.3) is 16.5 Å². The number of fused-ring (bicyclic) bond motifs is 1. The molecule has 6 aromatic rings. The molecule has 0 saturated carbocycles. The lowest BCUT2D eigenvalue weighted by atomic mass is 9.92. The van der Waals surface area contributed by atoms with E-state index in [-0.39, 0.29) is 31.3 Å². The Morgan fingerprint density at radius 2 is 1.69 bits per heavy atom. The highest BCUT2D eigenvalue weighted by molar-refractivity contribution is 6.07. The normalized spacial score (nSPS) is 11.3. The van der Waals surface area contributed by atoms with Gasteiger partial charge < -0.3 is 25.2 Å². The molecular formula is C37H38N8O4. The molecule has 0 radical (unpaired) electrons. The van der Waals surface area contributed by atoms with Crippen molar-refractivity contribution >= 4 is 39.9 Å². The fourth-order valence-electron chi connectivity index (χ4n) is 5.05. The second kappa shape index (κ2) is 14.4. The lowest BCUT2D eigenvalue weighted by molar-refractivity contribution is 0.196. The molecule has 12 heteroatoms. The van der Waals surface area contributed by atoms with E-state index in [1.165, 1.54) is 6.20 Å². The Kier molecular flexibility index (Phi) is 9.67. The Hall–Kier alpha value is -6.01. The monoisotopic (exact) mass is 658 g/mol. The molecule has 0 aliphatic rings. The van der Waals surface area contributed by atoms with E-state index in [2.05, 4.69) is 51.7 Å². The van der Waals surface area contributed by atoms with Gasteiger partial charge in [-0.05, 0) is 48.9 Å². The fraction of sp³-hybridized carbons (Fsp3) is 0.216. The number of rotatable bonds is 11. The van der Waals surface area contributed by atoms with Gasteiger partial charge in [0.05, 0.1) is 36.1 Å². The summed E-state index contributed by atoms with van der Waals surface area (Å²) in [6, 6.07) is 24.7. The molecule has 0 atom stereocenters. The minimum absolute atomic E-state index is 0.118. The zero-order chi connectivity index (χ0) is 34.4. The van der Waals surface area contributed by atoms with Gasteiger partial charge in [-0.25, -0.2) is 14.5 Å². The Balaban J connectivity index is 1.16. The number of nitrogens with one attached hydrogen (secondary N) is 3. The van der Waals surface area contributed by atoms with Gasteiger partial charge in [-0.2, -0.15) is 10.1 Å². The van der Waals surface area contributed by atoms with Crippen LogP contribution in [-0.2, 0) is 12.0 Å². The minimum atomic E-state index is -0.389. The van der Waals surface area contributed by atoms with Crippen LogP contribution >= 0.6 is 0 Å². The maximum atomic E-state index is 13.4. The van der Waals surface area contributed by atoms with Crippen molar-refractivity contribution in [2.75, 3.05) is 29.2 Å². The van der Waals surface area contributed by atoms with E-state index in [0.29, 0.717) is 34.8 Å². The van der Waals surface area contributed by atoms with E-state index < -0.39 is 0 Å². The van der Waals surface area contributed by atoms with Crippen molar-refractivity contribution in [1.82, 2.24) is 24.7 Å². The molecule has 250 valence electrons. The topological polar surface area (TPSA) is 148 Å². The highest BCUT2D eigenvalue weighted by Crippen LogP contribution is 2.33. The van der Waals surface area contributed by atoms with Gasteiger partial charge in [0.15, 0.2) is 5.82 Å². The van der Waals surface area contributed by atoms with E-state index in [1.807, 2.05) is 85.8 Å². The summed E-state index contributed by atoms with van der Waals surface area (Å²) >= 11 is 0. The van der Waals surface area contributed by atoms with E-state index in [1.54, 1.807) is 17.1 Å². The number of aromatic nitrogens is 5. The molecule has 3 aromatic heterocycles. The molecule has 0 spiro atoms. The molecule has 3 aromatic carbocycles. The predicted octanol–water partition coefficient (Wildman–Crippen LogP) is 7.15. The van der Waals surface area contributed by atoms with E-state index >= 15 is 0 Å². The number of carbonyl (C=O) groups excluding carboxylic acids is 1. The molecule has 6 rings (SSSR count). The highest BCUT2D eigenvalue weighted by atomic mass is 16.5. The molecule has 0 unspecified atom stereocenters. The van der Waals surface area contributed by atoms with Crippen LogP contribution in [0.1, 0.15) is 37.6 Å². The number of aliphatic hydroxyl groups is 1. The first kappa shape index (κ1) is 32.9. The molecule has 0 aliphatic heterocycles. The predicted molar refractivity (Wildman–Crippen MR) is 190 cm³/mol. The largest absolute Gasteiger partial charge is 0.488 e. The number of urea groups is 1. The van der Waals surface area contributed by atoms with E-state index in [0.717, 1.165) is 33.3 Å². The summed E-state index contributed by atoms with van der Waals surface area (Å²) in [4.78, 5) is 26.2. The summed E-state index contributed by atoms with van der Waals surface area (Å²) in [6.45, 7) is 8.59. The highest BCUT2D eigenvalue weighted by Gasteiger charge is 2.22. The van der Waals surface area contributed by atoms with Crippen LogP contribution in [0.3, 0.4) is 0 Å². The maximum absolute atomic E-state index is 13.4. The summed E-state index contributed by atoms with van der Waals surface area (Å²) in [7, 11) is 0. The van der Waals surface area contributed by atoms with Crippen molar-refractivity contribution in [3.05, 3.63) is 114 Å². The van der Waals surface area contributed by atoms with Crippen LogP contribution in [0, 0.1) is 6.92 Å². The Morgan fingerprint density at radius 1 is 0.898 bits per heavy atom. The molecule has 3 heterocycles. The number of hydrogen-bond acceptors (Lipinski definition) is 9. The summed E-state index contributed by atoms with van der Waals surface area (Å²) in [5.74, 6) is 2.54. The van der Waals surface area contributed by atoms with Crippen LogP contribution in [0.4, 0.5) is 27.9 Å². The lowest BCUT2D eigenvalue weighted by Gasteiger charge is -2.15. The van der Waals surface area contributed by atoms with Crippen LogP contribution < -0.4 is 25.4 Å². The number of benzene rings is 3. The van der Waals surface area contributed by atoms with E-state index in [4.69, 9.17) is 19.7 Å². The van der Waals surface area contributed by atoms with Crippen molar-refractivity contribution in [1.29, 1.82) is 0 Å². The van der Waals surface area contributed by atoms with Gasteiger partial charge >= 0.3 is 6.03 Å². The number of amides is 2. The number of aryl methyl sites for hydroxylation is 1. The first-order valence-electron chi connectivity index (χ1n) is 15.8. The molecule has 0 saturated heterocycles. The van der Waals surface area contributed by atoms with Crippen molar-refractivity contribution < 1.29 is 19.4 Å². The Morgan fingerprint density at radius 3 is 2.47 bits per heavy atom. The van der Waals surface area contributed by atoms with Gasteiger partial charge in [0.1, 0.15) is 30.6 Å². The summed E-state index contributed by atoms with van der Waals surface area (Å²) in [6.07, 6.45) is 4.71. The fourth-order valence-corrected chi connectivity index (χ4v) is 5.05. The number of carbonyl (C=O) groups is 1. The van der Waals surface area contributed by atoms with Crippen LogP contribution in [0.5, 0.6) is 11.6 Å². The van der Waals surface area contributed by atoms with Gasteiger partial charge in [-0.15, -0.1) is 0 Å². The third-order valence-corrected chi connectivity index (χ3v) is 7.56. The van der Waals surface area contributed by atoms with Gasteiger partial charge in [0.2, 0.25) is 5.88 Å². The lowest BCUT2D eigenvalue weighted by Crippen LogP contribution is -2.21. The number of ether oxygens (including phenoxy) is 2. The third-order valence-electron chi connectivity index (χ3n) is 7.56. The molecule has 0 aliphatic carbocycles. The Labute approximate surface area is 284 Å². The average molecular weight is 659 g/mol. The summed E-state index contributed by atoms with van der Waals surface area (Å²) in [5.41, 5.74) is 4.16. The zero-order valence-electron chi connectivity index (χ0n) is 27.8. The molecule has 49 heavy (non-hydrogen) atoms. The van der Waals surface area contributed by atoms with Crippen LogP contribution in [0.15, 0.2) is 97.5 Å². The number of nitrogens with zero attached hydrogens (tertiary/aromatic N) is 5. The van der Waals surface area contributed by atoms with Crippen molar-refractivity contribution in [2.45, 2.75) is 39.7 Å². The zero-order valence-corrected chi connectivity index (χ0v) is 27.8. The quantitative estimate of drug-likeness (QED) is 0.114. The van der Waals surface area contributed by atoms with Crippen LogP contribution in [0.2, 0.25) is 0 Å². The van der Waals surface area contributed by atoms with Crippen molar-refractivity contribution in [2.24, 2.45) is 0 Å². The van der Waals surface area contributed by atoms with Crippen molar-refractivity contribution in [3.8, 4) is 17.3 Å². The standard InChI is InChI=1S/C37H38N8O4/c1-24-9-11-26(12-10-24)45-34(20-31(44-45)37(2,3)4)43-36(47)40-29-13-14-30(28-8-6-5-7-27(28)29)49-23-25-15-16-39-32(19-25)41-33-21-38-22-35(42-33)48-18-17-46/h5-16,19-22,46H,17-18,23H2,1-4H3,(H,39,41,42)(H2,40,43,47). The molecule has 0 fully saturated rings. The summed E-state index contributed by atoms with van der Waals surface area (Å²) in [5, 5.41) is 24.6. The van der Waals surface area contributed by atoms with Gasteiger partial charge in [0, 0.05) is 28.5 Å². The van der Waals surface area contributed by atoms with Gasteiger partial charge in [-0.1, -0.05) is 62.7 Å². The smallest absolute Gasteiger partial charge is 0.324 e. The maximum Gasteiger partial charge on any atom is 0.324 e. The third kappa shape index (κ3) is 8.11. The number of anilines is 4. The molecular weight excluding hydrogens is 620 g/mol. The first-order valence-corrected chi connectivity index (χ1v) is 15.8. The van der Waals surface area contributed by atoms with E-state index in [9.17, 15) is 4.79 Å². The minimum Gasteiger partial charge on any atom is -0.488 e. The number of hydrogen-bond donors (Lipinski definition) is 4. The molecule has 4 N–H and O–H groups in total. The van der Waals surface area contributed by atoms with Crippen LogP contribution in [-0.4, -0.2) is 49.1 Å². The number of pyridine rings is 1. The van der Waals surface area contributed by atoms with Crippen molar-refractivity contribution in [3.63, 3.8) is 0 Å². The number of aliphatic hydroxyl groups excluding tert-OH is 1. The molecule has 2 amide bonds.